The Kier molecular flexibility index (Phi) is 4.87. The normalized spacial score (nSPS) is 14.4. The van der Waals surface area contributed by atoms with Crippen LogP contribution in [-0.4, -0.2) is 30.5 Å². The highest BCUT2D eigenvalue weighted by molar-refractivity contribution is 6.04. The van der Waals surface area contributed by atoms with Crippen molar-refractivity contribution < 1.29 is 18.0 Å². The molecule has 7 nitrogen and oxygen atoms in total. The lowest BCUT2D eigenvalue weighted by Gasteiger charge is -2.12. The Bertz CT molecular complexity index is 1090. The smallest absolute Gasteiger partial charge is 0.290 e. The molecule has 1 N–H and O–H groups in total. The van der Waals surface area contributed by atoms with Crippen molar-refractivity contribution in [2.45, 2.75) is 44.7 Å². The lowest BCUT2D eigenvalue weighted by atomic mass is 10.1. The number of amides is 1. The molecule has 0 unspecified atom stereocenters. The molecule has 3 aromatic rings. The first-order valence-electron chi connectivity index (χ1n) is 9.63. The van der Waals surface area contributed by atoms with E-state index >= 15 is 0 Å². The Morgan fingerprint density at radius 1 is 1.27 bits per heavy atom. The summed E-state index contributed by atoms with van der Waals surface area (Å²) in [4.78, 5) is 17.3. The maximum Gasteiger partial charge on any atom is 0.416 e. The van der Waals surface area contributed by atoms with Crippen LogP contribution in [0.5, 0.6) is 0 Å². The van der Waals surface area contributed by atoms with Crippen molar-refractivity contribution in [1.82, 2.24) is 24.5 Å². The van der Waals surface area contributed by atoms with Gasteiger partial charge in [0.15, 0.2) is 5.82 Å². The van der Waals surface area contributed by atoms with Crippen LogP contribution in [0.4, 0.5) is 19.1 Å². The average molecular weight is 418 g/mol. The molecule has 1 fully saturated rings. The molecule has 0 saturated heterocycles. The van der Waals surface area contributed by atoms with Gasteiger partial charge in [-0.15, -0.1) is 0 Å². The average Bonchev–Trinajstić information content (AvgIpc) is 3.31. The number of nitrogens with zero attached hydrogens (tertiary/aromatic N) is 5. The second-order valence-electron chi connectivity index (χ2n) is 7.70. The molecule has 1 amide bonds. The van der Waals surface area contributed by atoms with Crippen molar-refractivity contribution in [3.63, 3.8) is 0 Å². The van der Waals surface area contributed by atoms with Gasteiger partial charge in [0.1, 0.15) is 0 Å². The van der Waals surface area contributed by atoms with Gasteiger partial charge in [0.05, 0.1) is 28.7 Å². The first-order valence-corrected chi connectivity index (χ1v) is 9.63. The van der Waals surface area contributed by atoms with E-state index in [1.54, 1.807) is 13.1 Å². The number of aromatic nitrogens is 5. The molecular formula is C20H21F3N6O. The van der Waals surface area contributed by atoms with Gasteiger partial charge in [-0.2, -0.15) is 28.4 Å². The Morgan fingerprint density at radius 2 is 2.00 bits per heavy atom. The summed E-state index contributed by atoms with van der Waals surface area (Å²) >= 11 is 0. The summed E-state index contributed by atoms with van der Waals surface area (Å²) in [6, 6.07) is 4.94. The fraction of sp³-hybridized carbons (Fsp3) is 0.400. The largest absolute Gasteiger partial charge is 0.416 e. The van der Waals surface area contributed by atoms with Crippen LogP contribution in [-0.2, 0) is 13.2 Å². The molecule has 0 aliphatic heterocycles. The Hall–Kier alpha value is -3.17. The molecule has 2 aromatic heterocycles. The van der Waals surface area contributed by atoms with Crippen molar-refractivity contribution in [3.05, 3.63) is 53.1 Å². The van der Waals surface area contributed by atoms with Crippen molar-refractivity contribution in [3.8, 4) is 5.69 Å². The zero-order valence-corrected chi connectivity index (χ0v) is 16.7. The molecule has 0 radical (unpaired) electrons. The van der Waals surface area contributed by atoms with Crippen LogP contribution in [0.3, 0.4) is 0 Å². The number of anilines is 1. The number of hydrogen-bond acceptors (Lipinski definition) is 4. The van der Waals surface area contributed by atoms with Gasteiger partial charge < -0.3 is 0 Å². The summed E-state index contributed by atoms with van der Waals surface area (Å²) in [5, 5.41) is 11.3. The molecule has 158 valence electrons. The second-order valence-corrected chi connectivity index (χ2v) is 7.70. The summed E-state index contributed by atoms with van der Waals surface area (Å²) in [7, 11) is 1.68. The number of hydrogen-bond donors (Lipinski definition) is 1. The number of aryl methyl sites for hydroxylation is 1. The van der Waals surface area contributed by atoms with Crippen molar-refractivity contribution >= 4 is 11.9 Å². The first-order chi connectivity index (χ1) is 14.1. The van der Waals surface area contributed by atoms with Crippen LogP contribution in [0.15, 0.2) is 30.5 Å². The summed E-state index contributed by atoms with van der Waals surface area (Å²) in [6.45, 7) is 3.90. The highest BCUT2D eigenvalue weighted by Crippen LogP contribution is 2.43. The van der Waals surface area contributed by atoms with Gasteiger partial charge in [-0.1, -0.05) is 19.9 Å². The molecule has 2 heterocycles. The summed E-state index contributed by atoms with van der Waals surface area (Å²) in [5.74, 6) is 0.675. The van der Waals surface area contributed by atoms with E-state index in [0.717, 1.165) is 25.0 Å². The minimum Gasteiger partial charge on any atom is -0.290 e. The molecule has 1 saturated carbocycles. The Labute approximate surface area is 170 Å². The summed E-state index contributed by atoms with van der Waals surface area (Å²) in [5.41, 5.74) is 0.442. The van der Waals surface area contributed by atoms with Crippen LogP contribution in [0.2, 0.25) is 0 Å². The molecular weight excluding hydrogens is 397 g/mol. The van der Waals surface area contributed by atoms with Crippen LogP contribution in [0.25, 0.3) is 5.69 Å². The van der Waals surface area contributed by atoms with Crippen LogP contribution in [0.1, 0.15) is 66.0 Å². The number of alkyl halides is 3. The highest BCUT2D eigenvalue weighted by atomic mass is 19.4. The van der Waals surface area contributed by atoms with E-state index < -0.39 is 17.6 Å². The molecule has 10 heteroatoms. The maximum absolute atomic E-state index is 13.1. The van der Waals surface area contributed by atoms with E-state index in [1.165, 1.54) is 21.6 Å². The number of halogens is 3. The minimum absolute atomic E-state index is 0.0773. The minimum atomic E-state index is -4.46. The van der Waals surface area contributed by atoms with Gasteiger partial charge in [0.25, 0.3) is 5.91 Å². The van der Waals surface area contributed by atoms with Gasteiger partial charge in [0.2, 0.25) is 5.95 Å². The fourth-order valence-corrected chi connectivity index (χ4v) is 3.23. The van der Waals surface area contributed by atoms with Crippen LogP contribution in [0, 0.1) is 0 Å². The molecule has 0 bridgehead atoms. The monoisotopic (exact) mass is 418 g/mol. The van der Waals surface area contributed by atoms with E-state index in [9.17, 15) is 18.0 Å². The quantitative estimate of drug-likeness (QED) is 0.671. The highest BCUT2D eigenvalue weighted by Gasteiger charge is 2.34. The fourth-order valence-electron chi connectivity index (χ4n) is 3.23. The SMILES string of the molecule is CC(C)c1nc(NC(=O)c2cnn(-c3cccc(C(F)(F)F)c3)c2C2CC2)n(C)n1. The molecule has 0 atom stereocenters. The molecule has 4 rings (SSSR count). The van der Waals surface area contributed by atoms with Gasteiger partial charge in [0, 0.05) is 18.9 Å². The zero-order chi connectivity index (χ0) is 21.6. The van der Waals surface area contributed by atoms with E-state index in [0.29, 0.717) is 23.0 Å². The van der Waals surface area contributed by atoms with E-state index in [4.69, 9.17) is 0 Å². The van der Waals surface area contributed by atoms with Crippen molar-refractivity contribution in [2.75, 3.05) is 5.32 Å². The molecule has 1 aromatic carbocycles. The van der Waals surface area contributed by atoms with Crippen molar-refractivity contribution in [1.29, 1.82) is 0 Å². The standard InChI is InChI=1S/C20H21F3N6O/c1-11(2)17-25-19(28(3)27-17)26-18(30)15-10-24-29(16(15)12-7-8-12)14-6-4-5-13(9-14)20(21,22)23/h4-6,9-12H,7-8H2,1-3H3,(H,25,26,27,30). The number of carbonyl (C=O) groups is 1. The summed E-state index contributed by atoms with van der Waals surface area (Å²) in [6.07, 6.45) is -1.36. The van der Waals surface area contributed by atoms with E-state index in [1.807, 2.05) is 13.8 Å². The van der Waals surface area contributed by atoms with E-state index in [-0.39, 0.29) is 17.5 Å². The Morgan fingerprint density at radius 3 is 2.60 bits per heavy atom. The van der Waals surface area contributed by atoms with Gasteiger partial charge >= 0.3 is 6.18 Å². The lowest BCUT2D eigenvalue weighted by molar-refractivity contribution is -0.137. The number of rotatable bonds is 5. The molecule has 30 heavy (non-hydrogen) atoms. The van der Waals surface area contributed by atoms with Crippen LogP contribution >= 0.6 is 0 Å². The Balaban J connectivity index is 1.68. The zero-order valence-electron chi connectivity index (χ0n) is 16.7. The maximum atomic E-state index is 13.1. The molecule has 1 aliphatic carbocycles. The third-order valence-electron chi connectivity index (χ3n) is 4.95. The predicted molar refractivity (Wildman–Crippen MR) is 104 cm³/mol. The number of nitrogens with one attached hydrogen (secondary N) is 1. The third-order valence-corrected chi connectivity index (χ3v) is 4.95. The van der Waals surface area contributed by atoms with E-state index in [2.05, 4.69) is 20.5 Å². The predicted octanol–water partition coefficient (Wildman–Crippen LogP) is 4.27. The molecule has 1 aliphatic rings. The number of benzene rings is 1. The third kappa shape index (κ3) is 3.81. The lowest BCUT2D eigenvalue weighted by Crippen LogP contribution is -2.17. The topological polar surface area (TPSA) is 77.6 Å². The van der Waals surface area contributed by atoms with Gasteiger partial charge in [-0.25, -0.2) is 9.36 Å². The van der Waals surface area contributed by atoms with Gasteiger partial charge in [-0.05, 0) is 31.0 Å². The second kappa shape index (κ2) is 7.26. The van der Waals surface area contributed by atoms with Crippen molar-refractivity contribution in [2.24, 2.45) is 7.05 Å². The van der Waals surface area contributed by atoms with Crippen LogP contribution < -0.4 is 5.32 Å². The molecule has 0 spiro atoms. The first kappa shape index (κ1) is 20.1. The summed E-state index contributed by atoms with van der Waals surface area (Å²) < 4.78 is 42.3. The van der Waals surface area contributed by atoms with Gasteiger partial charge in [-0.3, -0.25) is 10.1 Å². The number of carbonyl (C=O) groups excluding carboxylic acids is 1.